The molecule has 0 aliphatic carbocycles. The summed E-state index contributed by atoms with van der Waals surface area (Å²) in [6, 6.07) is 13.1. The summed E-state index contributed by atoms with van der Waals surface area (Å²) < 4.78 is 0. The maximum absolute atomic E-state index is 12.2. The molecule has 1 heterocycles. The molecule has 0 unspecified atom stereocenters. The third-order valence-electron chi connectivity index (χ3n) is 2.91. The molecule has 4 heteroatoms. The predicted molar refractivity (Wildman–Crippen MR) is 82.4 cm³/mol. The van der Waals surface area contributed by atoms with E-state index in [1.54, 1.807) is 36.3 Å². The number of rotatable bonds is 3. The van der Waals surface area contributed by atoms with Gasteiger partial charge >= 0.3 is 0 Å². The van der Waals surface area contributed by atoms with Gasteiger partial charge in [-0.3, -0.25) is 9.78 Å². The third-order valence-corrected chi connectivity index (χ3v) is 2.91. The van der Waals surface area contributed by atoms with E-state index in [0.29, 0.717) is 18.8 Å². The van der Waals surface area contributed by atoms with Gasteiger partial charge in [-0.25, -0.2) is 0 Å². The summed E-state index contributed by atoms with van der Waals surface area (Å²) >= 11 is 0. The molecule has 0 aliphatic rings. The Kier molecular flexibility index (Phi) is 5.08. The highest BCUT2D eigenvalue weighted by atomic mass is 16.2. The van der Waals surface area contributed by atoms with Gasteiger partial charge in [0.2, 0.25) is 0 Å². The first-order valence-electron chi connectivity index (χ1n) is 6.65. The lowest BCUT2D eigenvalue weighted by Gasteiger charge is -2.16. The number of hydrogen-bond donors (Lipinski definition) is 1. The van der Waals surface area contributed by atoms with Crippen LogP contribution in [0.25, 0.3) is 0 Å². The lowest BCUT2D eigenvalue weighted by molar-refractivity contribution is 0.0779. The van der Waals surface area contributed by atoms with Crippen molar-refractivity contribution in [1.82, 2.24) is 9.88 Å². The number of nitrogens with two attached hydrogens (primary N) is 1. The first kappa shape index (κ1) is 14.8. The first-order chi connectivity index (χ1) is 10.2. The smallest absolute Gasteiger partial charge is 0.272 e. The summed E-state index contributed by atoms with van der Waals surface area (Å²) in [5.41, 5.74) is 7.73. The van der Waals surface area contributed by atoms with E-state index >= 15 is 0 Å². The number of carbonyl (C=O) groups is 1. The minimum absolute atomic E-state index is 0.103. The lowest BCUT2D eigenvalue weighted by atomic mass is 10.1. The van der Waals surface area contributed by atoms with Crippen LogP contribution in [0.15, 0.2) is 48.7 Å². The van der Waals surface area contributed by atoms with Gasteiger partial charge in [-0.1, -0.05) is 30.0 Å². The summed E-state index contributed by atoms with van der Waals surface area (Å²) in [5.74, 6) is 5.71. The Hall–Kier alpha value is -2.64. The van der Waals surface area contributed by atoms with Gasteiger partial charge in [-0.05, 0) is 29.8 Å². The quantitative estimate of drug-likeness (QED) is 0.869. The number of benzene rings is 1. The number of carbonyl (C=O) groups excluding carboxylic acids is 1. The number of aromatic nitrogens is 1. The van der Waals surface area contributed by atoms with Crippen molar-refractivity contribution >= 4 is 5.91 Å². The Morgan fingerprint density at radius 1 is 1.29 bits per heavy atom. The zero-order valence-electron chi connectivity index (χ0n) is 11.9. The Morgan fingerprint density at radius 2 is 2.14 bits per heavy atom. The van der Waals surface area contributed by atoms with Crippen molar-refractivity contribution in [2.45, 2.75) is 6.54 Å². The van der Waals surface area contributed by atoms with Gasteiger partial charge in [0.25, 0.3) is 5.91 Å². The molecule has 2 rings (SSSR count). The molecule has 21 heavy (non-hydrogen) atoms. The minimum atomic E-state index is -0.103. The van der Waals surface area contributed by atoms with E-state index in [1.807, 2.05) is 24.3 Å². The molecule has 106 valence electrons. The Labute approximate surface area is 124 Å². The van der Waals surface area contributed by atoms with Crippen LogP contribution >= 0.6 is 0 Å². The largest absolute Gasteiger partial charge is 0.336 e. The van der Waals surface area contributed by atoms with Gasteiger partial charge in [0.15, 0.2) is 0 Å². The van der Waals surface area contributed by atoms with Crippen LogP contribution in [0, 0.1) is 11.8 Å². The van der Waals surface area contributed by atoms with E-state index in [0.717, 1.165) is 11.1 Å². The molecule has 1 aromatic heterocycles. The number of hydrogen-bond acceptors (Lipinski definition) is 3. The first-order valence-corrected chi connectivity index (χ1v) is 6.65. The summed E-state index contributed by atoms with van der Waals surface area (Å²) in [5, 5.41) is 0. The lowest BCUT2D eigenvalue weighted by Crippen LogP contribution is -2.26. The fraction of sp³-hybridized carbons (Fsp3) is 0.176. The highest BCUT2D eigenvalue weighted by Crippen LogP contribution is 2.09. The molecule has 1 aromatic carbocycles. The molecular formula is C17H17N3O. The zero-order valence-corrected chi connectivity index (χ0v) is 11.9. The van der Waals surface area contributed by atoms with Crippen LogP contribution in [0.5, 0.6) is 0 Å². The molecule has 0 radical (unpaired) electrons. The van der Waals surface area contributed by atoms with Gasteiger partial charge in [-0.2, -0.15) is 0 Å². The predicted octanol–water partition coefficient (Wildman–Crippen LogP) is 1.66. The van der Waals surface area contributed by atoms with Crippen molar-refractivity contribution in [3.05, 3.63) is 65.5 Å². The Bertz CT molecular complexity index is 671. The molecule has 1 amide bonds. The van der Waals surface area contributed by atoms with Crippen molar-refractivity contribution in [3.8, 4) is 11.8 Å². The fourth-order valence-electron chi connectivity index (χ4n) is 1.93. The molecule has 2 N–H and O–H groups in total. The van der Waals surface area contributed by atoms with E-state index in [-0.39, 0.29) is 5.91 Å². The molecule has 0 saturated carbocycles. The molecule has 2 aromatic rings. The second kappa shape index (κ2) is 7.22. The molecule has 0 atom stereocenters. The van der Waals surface area contributed by atoms with Crippen LogP contribution in [0.3, 0.4) is 0 Å². The SMILES string of the molecule is CN(Cc1cccc(C#CCN)c1)C(=O)c1ccccn1. The van der Waals surface area contributed by atoms with E-state index in [4.69, 9.17) is 5.73 Å². The standard InChI is InChI=1S/C17H17N3O/c1-20(17(21)16-9-2-3-11-19-16)13-15-7-4-6-14(12-15)8-5-10-18/h2-4,6-7,9,11-12H,10,13,18H2,1H3. The Balaban J connectivity index is 2.09. The zero-order chi connectivity index (χ0) is 15.1. The van der Waals surface area contributed by atoms with Crippen molar-refractivity contribution in [3.63, 3.8) is 0 Å². The summed E-state index contributed by atoms with van der Waals surface area (Å²) in [6.07, 6.45) is 1.62. The molecule has 0 aliphatic heterocycles. The van der Waals surface area contributed by atoms with Gasteiger partial charge in [0.1, 0.15) is 5.69 Å². The average molecular weight is 279 g/mol. The topological polar surface area (TPSA) is 59.2 Å². The van der Waals surface area contributed by atoms with Crippen LogP contribution in [0.1, 0.15) is 21.6 Å². The minimum Gasteiger partial charge on any atom is -0.336 e. The van der Waals surface area contributed by atoms with Crippen LogP contribution in [0.2, 0.25) is 0 Å². The van der Waals surface area contributed by atoms with Crippen LogP contribution in [-0.4, -0.2) is 29.4 Å². The fourth-order valence-corrected chi connectivity index (χ4v) is 1.93. The van der Waals surface area contributed by atoms with E-state index in [9.17, 15) is 4.79 Å². The van der Waals surface area contributed by atoms with Gasteiger partial charge in [0.05, 0.1) is 6.54 Å². The van der Waals surface area contributed by atoms with Crippen LogP contribution in [-0.2, 0) is 6.54 Å². The number of amides is 1. The van der Waals surface area contributed by atoms with Crippen LogP contribution < -0.4 is 5.73 Å². The summed E-state index contributed by atoms with van der Waals surface area (Å²) in [4.78, 5) is 17.9. The summed E-state index contributed by atoms with van der Waals surface area (Å²) in [7, 11) is 1.76. The van der Waals surface area contributed by atoms with E-state index in [2.05, 4.69) is 16.8 Å². The maximum atomic E-state index is 12.2. The monoisotopic (exact) mass is 279 g/mol. The van der Waals surface area contributed by atoms with Crippen molar-refractivity contribution < 1.29 is 4.79 Å². The second-order valence-electron chi connectivity index (χ2n) is 4.58. The normalized spacial score (nSPS) is 9.62. The average Bonchev–Trinajstić information content (AvgIpc) is 2.53. The molecule has 0 saturated heterocycles. The Morgan fingerprint density at radius 3 is 2.86 bits per heavy atom. The van der Waals surface area contributed by atoms with Gasteiger partial charge in [-0.15, -0.1) is 0 Å². The van der Waals surface area contributed by atoms with Gasteiger partial charge < -0.3 is 10.6 Å². The molecule has 0 bridgehead atoms. The molecule has 4 nitrogen and oxygen atoms in total. The third kappa shape index (κ3) is 4.16. The van der Waals surface area contributed by atoms with Crippen molar-refractivity contribution in [2.24, 2.45) is 5.73 Å². The highest BCUT2D eigenvalue weighted by Gasteiger charge is 2.12. The molecule has 0 spiro atoms. The number of nitrogens with zero attached hydrogens (tertiary/aromatic N) is 2. The van der Waals surface area contributed by atoms with Crippen molar-refractivity contribution in [1.29, 1.82) is 0 Å². The van der Waals surface area contributed by atoms with Crippen molar-refractivity contribution in [2.75, 3.05) is 13.6 Å². The molecular weight excluding hydrogens is 262 g/mol. The van der Waals surface area contributed by atoms with E-state index < -0.39 is 0 Å². The summed E-state index contributed by atoms with van der Waals surface area (Å²) in [6.45, 7) is 0.843. The van der Waals surface area contributed by atoms with E-state index in [1.165, 1.54) is 0 Å². The highest BCUT2D eigenvalue weighted by molar-refractivity contribution is 5.91. The molecule has 0 fully saturated rings. The van der Waals surface area contributed by atoms with Crippen LogP contribution in [0.4, 0.5) is 0 Å². The maximum Gasteiger partial charge on any atom is 0.272 e. The second-order valence-corrected chi connectivity index (χ2v) is 4.58. The number of pyridine rings is 1. The van der Waals surface area contributed by atoms with Gasteiger partial charge in [0, 0.05) is 25.4 Å².